The lowest BCUT2D eigenvalue weighted by molar-refractivity contribution is 0.377. The lowest BCUT2D eigenvalue weighted by Crippen LogP contribution is -2.19. The molecule has 0 bridgehead atoms. The van der Waals surface area contributed by atoms with Crippen LogP contribution in [0, 0.1) is 16.7 Å². The molecule has 0 heterocycles. The molecule has 0 unspecified atom stereocenters. The molecule has 118 valence electrons. The highest BCUT2D eigenvalue weighted by Crippen LogP contribution is 2.40. The summed E-state index contributed by atoms with van der Waals surface area (Å²) in [5.74, 6) is 0. The number of hydrogen-bond donors (Lipinski definition) is 0. The van der Waals surface area contributed by atoms with Crippen LogP contribution in [0.25, 0.3) is 0 Å². The highest BCUT2D eigenvalue weighted by atomic mass is 79.9. The van der Waals surface area contributed by atoms with Crippen LogP contribution in [0.5, 0.6) is 0 Å². The van der Waals surface area contributed by atoms with E-state index in [1.807, 2.05) is 19.1 Å². The summed E-state index contributed by atoms with van der Waals surface area (Å²) in [6.45, 7) is 10.9. The molecule has 0 fully saturated rings. The Morgan fingerprint density at radius 2 is 1.95 bits per heavy atom. The average Bonchev–Trinajstić information content (AvgIpc) is 2.45. The predicted molar refractivity (Wildman–Crippen MR) is 99.6 cm³/mol. The van der Waals surface area contributed by atoms with E-state index in [9.17, 15) is 0 Å². The van der Waals surface area contributed by atoms with Crippen molar-refractivity contribution in [3.05, 3.63) is 57.2 Å². The summed E-state index contributed by atoms with van der Waals surface area (Å²) in [5.41, 5.74) is 5.43. The Morgan fingerprint density at radius 3 is 2.55 bits per heavy atom. The van der Waals surface area contributed by atoms with E-state index in [2.05, 4.69) is 67.9 Å². The molecule has 2 heteroatoms. The van der Waals surface area contributed by atoms with E-state index in [1.165, 1.54) is 36.0 Å². The van der Waals surface area contributed by atoms with Crippen LogP contribution in [0.1, 0.15) is 53.9 Å². The SMILES string of the molecule is CC1=C(/C=C/C(C)=C/C=C\C(C)=C(/Br)C#N)C(C)(C)CCC1. The monoisotopic (exact) mass is 359 g/mol. The van der Waals surface area contributed by atoms with Crippen molar-refractivity contribution in [2.45, 2.75) is 53.9 Å². The molecule has 0 aliphatic heterocycles. The average molecular weight is 360 g/mol. The van der Waals surface area contributed by atoms with Crippen molar-refractivity contribution in [3.8, 4) is 6.07 Å². The molecule has 1 nitrogen and oxygen atoms in total. The van der Waals surface area contributed by atoms with Crippen LogP contribution in [0.4, 0.5) is 0 Å². The van der Waals surface area contributed by atoms with Gasteiger partial charge < -0.3 is 0 Å². The van der Waals surface area contributed by atoms with Crippen LogP contribution < -0.4 is 0 Å². The molecular weight excluding hydrogens is 334 g/mol. The van der Waals surface area contributed by atoms with Crippen LogP contribution >= 0.6 is 15.9 Å². The zero-order valence-electron chi connectivity index (χ0n) is 14.3. The van der Waals surface area contributed by atoms with Crippen molar-refractivity contribution in [1.29, 1.82) is 5.26 Å². The van der Waals surface area contributed by atoms with Crippen molar-refractivity contribution in [1.82, 2.24) is 0 Å². The quantitative estimate of drug-likeness (QED) is 0.401. The number of nitrogens with zero attached hydrogens (tertiary/aromatic N) is 1. The molecule has 0 amide bonds. The Hall–Kier alpha value is -1.33. The Labute approximate surface area is 143 Å². The molecule has 1 aliphatic carbocycles. The largest absolute Gasteiger partial charge is 0.192 e. The Bertz CT molecular complexity index is 604. The fourth-order valence-corrected chi connectivity index (χ4v) is 2.92. The fraction of sp³-hybridized carbons (Fsp3) is 0.450. The topological polar surface area (TPSA) is 23.8 Å². The fourth-order valence-electron chi connectivity index (χ4n) is 2.79. The number of hydrogen-bond acceptors (Lipinski definition) is 1. The number of rotatable bonds is 4. The van der Waals surface area contributed by atoms with E-state index in [0.29, 0.717) is 4.48 Å². The van der Waals surface area contributed by atoms with Gasteiger partial charge in [-0.05, 0) is 72.5 Å². The highest BCUT2D eigenvalue weighted by molar-refractivity contribution is 9.12. The smallest absolute Gasteiger partial charge is 0.107 e. The Morgan fingerprint density at radius 1 is 1.27 bits per heavy atom. The zero-order valence-corrected chi connectivity index (χ0v) is 15.9. The molecule has 0 aromatic carbocycles. The van der Waals surface area contributed by atoms with Gasteiger partial charge in [-0.3, -0.25) is 0 Å². The van der Waals surface area contributed by atoms with E-state index < -0.39 is 0 Å². The summed E-state index contributed by atoms with van der Waals surface area (Å²) < 4.78 is 0.579. The van der Waals surface area contributed by atoms with Gasteiger partial charge in [0.1, 0.15) is 6.07 Å². The molecule has 1 rings (SSSR count). The van der Waals surface area contributed by atoms with Gasteiger partial charge in [0.15, 0.2) is 0 Å². The maximum atomic E-state index is 8.80. The molecular formula is C20H26BrN. The van der Waals surface area contributed by atoms with Gasteiger partial charge in [0.2, 0.25) is 0 Å². The standard InChI is InChI=1S/C20H26BrN/c1-15(8-6-9-17(3)19(21)14-22)11-12-18-16(2)10-7-13-20(18,4)5/h6,8-9,11-12H,7,10,13H2,1-5H3/b9-6-,12-11+,15-8+,19-17-. The minimum Gasteiger partial charge on any atom is -0.192 e. The molecule has 1 aliphatic rings. The molecule has 0 spiro atoms. The normalized spacial score (nSPS) is 20.5. The molecule has 0 saturated heterocycles. The van der Waals surface area contributed by atoms with Crippen molar-refractivity contribution in [3.63, 3.8) is 0 Å². The first-order valence-electron chi connectivity index (χ1n) is 7.77. The Balaban J connectivity index is 2.84. The van der Waals surface area contributed by atoms with Crippen molar-refractivity contribution in [2.24, 2.45) is 5.41 Å². The van der Waals surface area contributed by atoms with Crippen LogP contribution in [-0.4, -0.2) is 0 Å². The van der Waals surface area contributed by atoms with E-state index in [1.54, 1.807) is 0 Å². The molecule has 0 N–H and O–H groups in total. The van der Waals surface area contributed by atoms with Crippen LogP contribution in [-0.2, 0) is 0 Å². The van der Waals surface area contributed by atoms with Gasteiger partial charge in [0.05, 0.1) is 4.48 Å². The van der Waals surface area contributed by atoms with E-state index >= 15 is 0 Å². The van der Waals surface area contributed by atoms with Gasteiger partial charge in [-0.1, -0.05) is 55.4 Å². The highest BCUT2D eigenvalue weighted by Gasteiger charge is 2.26. The number of nitriles is 1. The molecule has 0 aromatic heterocycles. The summed E-state index contributed by atoms with van der Waals surface area (Å²) in [5, 5.41) is 8.80. The first-order chi connectivity index (χ1) is 10.3. The van der Waals surface area contributed by atoms with Gasteiger partial charge in [0, 0.05) is 0 Å². The Kier molecular flexibility index (Phi) is 7.10. The van der Waals surface area contributed by atoms with Crippen LogP contribution in [0.3, 0.4) is 0 Å². The molecule has 0 saturated carbocycles. The summed E-state index contributed by atoms with van der Waals surface area (Å²) in [7, 11) is 0. The van der Waals surface area contributed by atoms with E-state index in [-0.39, 0.29) is 5.41 Å². The van der Waals surface area contributed by atoms with Crippen molar-refractivity contribution < 1.29 is 0 Å². The maximum absolute atomic E-state index is 8.80. The second-order valence-corrected chi connectivity index (χ2v) is 7.44. The minimum absolute atomic E-state index is 0.284. The molecule has 0 aromatic rings. The van der Waals surface area contributed by atoms with Gasteiger partial charge in [-0.15, -0.1) is 0 Å². The first-order valence-corrected chi connectivity index (χ1v) is 8.57. The second-order valence-electron chi connectivity index (χ2n) is 6.64. The number of allylic oxidation sites excluding steroid dienone is 10. The predicted octanol–water partition coefficient (Wildman–Crippen LogP) is 6.76. The van der Waals surface area contributed by atoms with Gasteiger partial charge >= 0.3 is 0 Å². The maximum Gasteiger partial charge on any atom is 0.107 e. The van der Waals surface area contributed by atoms with E-state index in [4.69, 9.17) is 5.26 Å². The minimum atomic E-state index is 0.284. The van der Waals surface area contributed by atoms with Crippen LogP contribution in [0.2, 0.25) is 0 Å². The summed E-state index contributed by atoms with van der Waals surface area (Å²) in [6, 6.07) is 2.09. The third-order valence-corrected chi connectivity index (χ3v) is 5.01. The molecule has 0 radical (unpaired) electrons. The number of halogens is 1. The second kappa shape index (κ2) is 8.34. The summed E-state index contributed by atoms with van der Waals surface area (Å²) >= 11 is 3.24. The summed E-state index contributed by atoms with van der Waals surface area (Å²) in [4.78, 5) is 0. The van der Waals surface area contributed by atoms with Crippen molar-refractivity contribution in [2.75, 3.05) is 0 Å². The third-order valence-electron chi connectivity index (χ3n) is 4.21. The molecule has 0 atom stereocenters. The van der Waals surface area contributed by atoms with Gasteiger partial charge in [-0.25, -0.2) is 0 Å². The van der Waals surface area contributed by atoms with Gasteiger partial charge in [0.25, 0.3) is 0 Å². The third kappa shape index (κ3) is 5.46. The van der Waals surface area contributed by atoms with Crippen LogP contribution in [0.15, 0.2) is 57.2 Å². The zero-order chi connectivity index (χ0) is 16.8. The lowest BCUT2D eigenvalue weighted by atomic mass is 9.72. The lowest BCUT2D eigenvalue weighted by Gasteiger charge is -2.32. The van der Waals surface area contributed by atoms with Gasteiger partial charge in [-0.2, -0.15) is 5.26 Å². The van der Waals surface area contributed by atoms with E-state index in [0.717, 1.165) is 5.57 Å². The summed E-state index contributed by atoms with van der Waals surface area (Å²) in [6.07, 6.45) is 14.3. The van der Waals surface area contributed by atoms with Crippen molar-refractivity contribution >= 4 is 15.9 Å². The molecule has 22 heavy (non-hydrogen) atoms. The first kappa shape index (κ1) is 18.7.